The summed E-state index contributed by atoms with van der Waals surface area (Å²) in [6, 6.07) is 0.0347. The van der Waals surface area contributed by atoms with Gasteiger partial charge in [-0.25, -0.2) is 9.67 Å². The predicted octanol–water partition coefficient (Wildman–Crippen LogP) is -0.169. The number of hydrogen-bond acceptors (Lipinski definition) is 3. The van der Waals surface area contributed by atoms with Gasteiger partial charge in [0.2, 0.25) is 0 Å². The van der Waals surface area contributed by atoms with Crippen molar-refractivity contribution >= 4 is 0 Å². The van der Waals surface area contributed by atoms with Gasteiger partial charge in [0.15, 0.2) is 0 Å². The van der Waals surface area contributed by atoms with Gasteiger partial charge in [0.25, 0.3) is 0 Å². The van der Waals surface area contributed by atoms with Gasteiger partial charge in [-0.05, 0) is 6.92 Å². The molecule has 1 aromatic rings. The van der Waals surface area contributed by atoms with Crippen molar-refractivity contribution in [3.05, 3.63) is 12.7 Å². The lowest BCUT2D eigenvalue weighted by molar-refractivity contribution is 0.229. The van der Waals surface area contributed by atoms with E-state index in [2.05, 4.69) is 10.1 Å². The Balaban J connectivity index is 2.65. The van der Waals surface area contributed by atoms with Crippen LogP contribution in [0.15, 0.2) is 12.7 Å². The Morgan fingerprint density at radius 3 is 3.00 bits per heavy atom. The van der Waals surface area contributed by atoms with Crippen LogP contribution >= 0.6 is 0 Å². The largest absolute Gasteiger partial charge is 0.394 e. The highest BCUT2D eigenvalue weighted by atomic mass is 16.3. The highest BCUT2D eigenvalue weighted by Gasteiger charge is 1.99. The molecule has 0 saturated heterocycles. The maximum absolute atomic E-state index is 8.62. The fourth-order valence-electron chi connectivity index (χ4n) is 0.529. The highest BCUT2D eigenvalue weighted by molar-refractivity contribution is 4.62. The number of rotatable bonds is 2. The molecule has 0 unspecified atom stereocenters. The second kappa shape index (κ2) is 2.59. The fraction of sp³-hybridized carbons (Fsp3) is 0.600. The summed E-state index contributed by atoms with van der Waals surface area (Å²) in [6.07, 6.45) is 3.03. The molecule has 1 heterocycles. The third kappa shape index (κ3) is 1.26. The first kappa shape index (κ1) is 6.22. The summed E-state index contributed by atoms with van der Waals surface area (Å²) in [5.41, 5.74) is 0. The van der Waals surface area contributed by atoms with Crippen LogP contribution in [0.5, 0.6) is 0 Å². The molecule has 4 nitrogen and oxygen atoms in total. The van der Waals surface area contributed by atoms with Crippen molar-refractivity contribution in [1.82, 2.24) is 14.8 Å². The normalized spacial score (nSPS) is 13.6. The van der Waals surface area contributed by atoms with Crippen LogP contribution < -0.4 is 0 Å². The molecule has 4 heteroatoms. The quantitative estimate of drug-likeness (QED) is 0.600. The van der Waals surface area contributed by atoms with Crippen LogP contribution in [0.25, 0.3) is 0 Å². The zero-order chi connectivity index (χ0) is 6.69. The molecule has 9 heavy (non-hydrogen) atoms. The molecule has 0 aliphatic rings. The monoisotopic (exact) mass is 127 g/mol. The predicted molar refractivity (Wildman–Crippen MR) is 31.8 cm³/mol. The van der Waals surface area contributed by atoms with E-state index in [1.807, 2.05) is 6.92 Å². The van der Waals surface area contributed by atoms with Crippen LogP contribution in [-0.4, -0.2) is 26.5 Å². The molecule has 0 radical (unpaired) electrons. The first-order chi connectivity index (χ1) is 4.34. The molecule has 0 spiro atoms. The van der Waals surface area contributed by atoms with Gasteiger partial charge in [0.1, 0.15) is 12.7 Å². The molecule has 0 bridgehead atoms. The Labute approximate surface area is 53.1 Å². The third-order valence-corrected chi connectivity index (χ3v) is 1.15. The lowest BCUT2D eigenvalue weighted by atomic mass is 10.4. The number of aliphatic hydroxyl groups is 1. The van der Waals surface area contributed by atoms with Crippen LogP contribution in [-0.2, 0) is 0 Å². The summed E-state index contributed by atoms with van der Waals surface area (Å²) in [4.78, 5) is 3.73. The maximum Gasteiger partial charge on any atom is 0.137 e. The van der Waals surface area contributed by atoms with Crippen LogP contribution in [0.2, 0.25) is 0 Å². The maximum atomic E-state index is 8.62. The molecule has 1 aromatic heterocycles. The number of aromatic nitrogens is 3. The van der Waals surface area contributed by atoms with E-state index in [4.69, 9.17) is 5.11 Å². The minimum absolute atomic E-state index is 0.0347. The van der Waals surface area contributed by atoms with Crippen molar-refractivity contribution in [1.29, 1.82) is 0 Å². The third-order valence-electron chi connectivity index (χ3n) is 1.15. The van der Waals surface area contributed by atoms with E-state index in [9.17, 15) is 0 Å². The van der Waals surface area contributed by atoms with Gasteiger partial charge >= 0.3 is 0 Å². The van der Waals surface area contributed by atoms with E-state index in [0.29, 0.717) is 0 Å². The zero-order valence-electron chi connectivity index (χ0n) is 5.23. The molecule has 0 aliphatic carbocycles. The van der Waals surface area contributed by atoms with Crippen molar-refractivity contribution in [2.24, 2.45) is 0 Å². The SMILES string of the molecule is C[C@@H](CO)n1cncn1. The summed E-state index contributed by atoms with van der Waals surface area (Å²) in [6.45, 7) is 1.97. The van der Waals surface area contributed by atoms with Crippen LogP contribution in [0.3, 0.4) is 0 Å². The molecule has 0 fully saturated rings. The highest BCUT2D eigenvalue weighted by Crippen LogP contribution is 1.97. The average molecular weight is 127 g/mol. The van der Waals surface area contributed by atoms with Gasteiger partial charge in [-0.2, -0.15) is 5.10 Å². The first-order valence-corrected chi connectivity index (χ1v) is 2.79. The van der Waals surface area contributed by atoms with Crippen molar-refractivity contribution in [2.45, 2.75) is 13.0 Å². The Morgan fingerprint density at radius 1 is 1.78 bits per heavy atom. The van der Waals surface area contributed by atoms with E-state index in [1.54, 1.807) is 11.0 Å². The van der Waals surface area contributed by atoms with E-state index in [-0.39, 0.29) is 12.6 Å². The molecule has 1 atom stereocenters. The van der Waals surface area contributed by atoms with Crippen molar-refractivity contribution in [2.75, 3.05) is 6.61 Å². The molecule has 1 N–H and O–H groups in total. The summed E-state index contributed by atoms with van der Waals surface area (Å²) in [7, 11) is 0. The molecule has 1 rings (SSSR count). The van der Waals surface area contributed by atoms with Gasteiger partial charge in [0.05, 0.1) is 12.6 Å². The average Bonchev–Trinajstić information content (AvgIpc) is 2.37. The second-order valence-corrected chi connectivity index (χ2v) is 1.91. The van der Waals surface area contributed by atoms with Gasteiger partial charge in [-0.1, -0.05) is 0 Å². The Morgan fingerprint density at radius 2 is 2.56 bits per heavy atom. The minimum Gasteiger partial charge on any atom is -0.394 e. The second-order valence-electron chi connectivity index (χ2n) is 1.91. The smallest absolute Gasteiger partial charge is 0.137 e. The minimum atomic E-state index is 0.0347. The molecule has 0 saturated carbocycles. The molecule has 50 valence electrons. The van der Waals surface area contributed by atoms with E-state index in [0.717, 1.165) is 0 Å². The van der Waals surface area contributed by atoms with Crippen LogP contribution in [0, 0.1) is 0 Å². The molecular formula is C5H9N3O. The Bertz CT molecular complexity index is 161. The fourth-order valence-corrected chi connectivity index (χ4v) is 0.529. The Kier molecular flexibility index (Phi) is 1.79. The van der Waals surface area contributed by atoms with Crippen molar-refractivity contribution < 1.29 is 5.11 Å². The van der Waals surface area contributed by atoms with Crippen molar-refractivity contribution in [3.63, 3.8) is 0 Å². The molecule has 0 aliphatic heterocycles. The van der Waals surface area contributed by atoms with Gasteiger partial charge in [-0.3, -0.25) is 0 Å². The van der Waals surface area contributed by atoms with E-state index >= 15 is 0 Å². The topological polar surface area (TPSA) is 50.9 Å². The standard InChI is InChI=1S/C5H9N3O/c1-5(2-9)8-4-6-3-7-8/h3-5,9H,2H2,1H3/t5-/m0/s1. The lowest BCUT2D eigenvalue weighted by Crippen LogP contribution is -2.09. The summed E-state index contributed by atoms with van der Waals surface area (Å²) in [5, 5.41) is 12.5. The summed E-state index contributed by atoms with van der Waals surface area (Å²) >= 11 is 0. The Hall–Kier alpha value is -0.900. The molecule has 0 aromatic carbocycles. The molecule has 0 amide bonds. The van der Waals surface area contributed by atoms with Crippen LogP contribution in [0.1, 0.15) is 13.0 Å². The van der Waals surface area contributed by atoms with Gasteiger partial charge in [-0.15, -0.1) is 0 Å². The van der Waals surface area contributed by atoms with Crippen molar-refractivity contribution in [3.8, 4) is 0 Å². The van der Waals surface area contributed by atoms with E-state index < -0.39 is 0 Å². The number of aliphatic hydroxyl groups excluding tert-OH is 1. The van der Waals surface area contributed by atoms with Gasteiger partial charge < -0.3 is 5.11 Å². The lowest BCUT2D eigenvalue weighted by Gasteiger charge is -2.04. The summed E-state index contributed by atoms with van der Waals surface area (Å²) < 4.78 is 1.61. The number of nitrogens with zero attached hydrogens (tertiary/aromatic N) is 3. The van der Waals surface area contributed by atoms with Crippen LogP contribution in [0.4, 0.5) is 0 Å². The zero-order valence-corrected chi connectivity index (χ0v) is 5.23. The molecular weight excluding hydrogens is 118 g/mol. The van der Waals surface area contributed by atoms with Gasteiger partial charge in [0, 0.05) is 0 Å². The first-order valence-electron chi connectivity index (χ1n) is 2.79. The summed E-state index contributed by atoms with van der Waals surface area (Å²) in [5.74, 6) is 0. The number of hydrogen-bond donors (Lipinski definition) is 1. The van der Waals surface area contributed by atoms with E-state index in [1.165, 1.54) is 6.33 Å².